The Morgan fingerprint density at radius 3 is 2.40 bits per heavy atom. The van der Waals surface area contributed by atoms with E-state index in [0.29, 0.717) is 13.0 Å². The second kappa shape index (κ2) is 9.02. The molecule has 0 spiro atoms. The molecule has 1 unspecified atom stereocenters. The first-order chi connectivity index (χ1) is 12.2. The number of hydrogen-bond acceptors (Lipinski definition) is 2. The lowest BCUT2D eigenvalue weighted by atomic mass is 10.0. The van der Waals surface area contributed by atoms with Crippen LogP contribution in [0.1, 0.15) is 36.4 Å². The van der Waals surface area contributed by atoms with Crippen molar-refractivity contribution in [3.05, 3.63) is 70.7 Å². The lowest BCUT2D eigenvalue weighted by Gasteiger charge is -2.35. The highest BCUT2D eigenvalue weighted by atomic mass is 35.5. The molecule has 132 valence electrons. The third-order valence-corrected chi connectivity index (χ3v) is 5.14. The summed E-state index contributed by atoms with van der Waals surface area (Å²) in [4.78, 5) is 14.8. The maximum atomic E-state index is 12.4. The summed E-state index contributed by atoms with van der Waals surface area (Å²) in [7, 11) is 0. The third-order valence-electron chi connectivity index (χ3n) is 4.80. The van der Waals surface area contributed by atoms with Gasteiger partial charge in [0.05, 0.1) is 12.5 Å². The minimum Gasteiger partial charge on any atom is -0.354 e. The molecule has 1 N–H and O–H groups in total. The number of amides is 1. The standard InChI is InChI=1S/C21H25ClN2O/c22-19-12-6-5-11-18(19)20(24-13-7-2-8-14-24)16-23-21(25)15-17-9-3-1-4-10-17/h1,3-6,9-12,20H,2,7-8,13-16H2,(H,23,25). The number of piperidine rings is 1. The lowest BCUT2D eigenvalue weighted by Crippen LogP contribution is -2.41. The number of nitrogens with zero attached hydrogens (tertiary/aromatic N) is 1. The minimum absolute atomic E-state index is 0.0558. The van der Waals surface area contributed by atoms with Crippen LogP contribution in [-0.4, -0.2) is 30.4 Å². The van der Waals surface area contributed by atoms with E-state index >= 15 is 0 Å². The van der Waals surface area contributed by atoms with Crippen LogP contribution >= 0.6 is 11.6 Å². The summed E-state index contributed by atoms with van der Waals surface area (Å²) in [5.74, 6) is 0.0558. The fraction of sp³-hybridized carbons (Fsp3) is 0.381. The van der Waals surface area contributed by atoms with Crippen LogP contribution in [0, 0.1) is 0 Å². The predicted molar refractivity (Wildman–Crippen MR) is 103 cm³/mol. The first-order valence-electron chi connectivity index (χ1n) is 9.03. The maximum absolute atomic E-state index is 12.4. The van der Waals surface area contributed by atoms with Crippen molar-refractivity contribution in [3.63, 3.8) is 0 Å². The maximum Gasteiger partial charge on any atom is 0.224 e. The van der Waals surface area contributed by atoms with Gasteiger partial charge in [-0.15, -0.1) is 0 Å². The van der Waals surface area contributed by atoms with Crippen LogP contribution < -0.4 is 5.32 Å². The fourth-order valence-electron chi connectivity index (χ4n) is 3.47. The zero-order chi connectivity index (χ0) is 17.5. The largest absolute Gasteiger partial charge is 0.354 e. The Morgan fingerprint density at radius 2 is 1.68 bits per heavy atom. The van der Waals surface area contributed by atoms with E-state index in [-0.39, 0.29) is 11.9 Å². The summed E-state index contributed by atoms with van der Waals surface area (Å²) in [5, 5.41) is 3.89. The van der Waals surface area contributed by atoms with Gasteiger partial charge in [0.2, 0.25) is 5.91 Å². The zero-order valence-corrected chi connectivity index (χ0v) is 15.2. The summed E-state index contributed by atoms with van der Waals surface area (Å²) in [5.41, 5.74) is 2.14. The van der Waals surface area contributed by atoms with Gasteiger partial charge in [0.1, 0.15) is 0 Å². The quantitative estimate of drug-likeness (QED) is 0.840. The Hall–Kier alpha value is -1.84. The van der Waals surface area contributed by atoms with E-state index in [9.17, 15) is 4.79 Å². The predicted octanol–water partition coefficient (Wildman–Crippen LogP) is 4.23. The summed E-state index contributed by atoms with van der Waals surface area (Å²) in [6, 6.07) is 18.0. The summed E-state index contributed by atoms with van der Waals surface area (Å²) >= 11 is 6.44. The van der Waals surface area contributed by atoms with E-state index in [4.69, 9.17) is 11.6 Å². The lowest BCUT2D eigenvalue weighted by molar-refractivity contribution is -0.120. The number of carbonyl (C=O) groups excluding carboxylic acids is 1. The molecule has 1 atom stereocenters. The molecule has 3 rings (SSSR count). The third kappa shape index (κ3) is 5.07. The van der Waals surface area contributed by atoms with Crippen LogP contribution in [0.4, 0.5) is 0 Å². The Balaban J connectivity index is 1.67. The first-order valence-corrected chi connectivity index (χ1v) is 9.41. The van der Waals surface area contributed by atoms with Crippen molar-refractivity contribution < 1.29 is 4.79 Å². The number of hydrogen-bond donors (Lipinski definition) is 1. The zero-order valence-electron chi connectivity index (χ0n) is 14.5. The van der Waals surface area contributed by atoms with Gasteiger partial charge >= 0.3 is 0 Å². The van der Waals surface area contributed by atoms with Crippen molar-refractivity contribution in [2.24, 2.45) is 0 Å². The Bertz CT molecular complexity index is 683. The molecule has 4 heteroatoms. The highest BCUT2D eigenvalue weighted by molar-refractivity contribution is 6.31. The second-order valence-electron chi connectivity index (χ2n) is 6.60. The molecule has 0 aromatic heterocycles. The van der Waals surface area contributed by atoms with Crippen molar-refractivity contribution in [2.75, 3.05) is 19.6 Å². The highest BCUT2D eigenvalue weighted by Crippen LogP contribution is 2.29. The molecule has 1 amide bonds. The molecule has 1 aliphatic heterocycles. The number of rotatable bonds is 6. The molecule has 0 bridgehead atoms. The Morgan fingerprint density at radius 1 is 1.00 bits per heavy atom. The molecule has 0 aliphatic carbocycles. The van der Waals surface area contributed by atoms with E-state index in [1.54, 1.807) is 0 Å². The van der Waals surface area contributed by atoms with Gasteiger partial charge in [-0.1, -0.05) is 66.6 Å². The molecule has 3 nitrogen and oxygen atoms in total. The van der Waals surface area contributed by atoms with Crippen LogP contribution in [0.3, 0.4) is 0 Å². The van der Waals surface area contributed by atoms with Crippen molar-refractivity contribution in [2.45, 2.75) is 31.7 Å². The second-order valence-corrected chi connectivity index (χ2v) is 7.01. The van der Waals surface area contributed by atoms with Gasteiger partial charge in [-0.25, -0.2) is 0 Å². The topological polar surface area (TPSA) is 32.3 Å². The van der Waals surface area contributed by atoms with Gasteiger partial charge in [-0.05, 0) is 43.1 Å². The van der Waals surface area contributed by atoms with Gasteiger partial charge in [0, 0.05) is 11.6 Å². The number of nitrogens with one attached hydrogen (secondary N) is 1. The summed E-state index contributed by atoms with van der Waals surface area (Å²) < 4.78 is 0. The van der Waals surface area contributed by atoms with Gasteiger partial charge < -0.3 is 5.32 Å². The van der Waals surface area contributed by atoms with E-state index in [1.165, 1.54) is 19.3 Å². The fourth-order valence-corrected chi connectivity index (χ4v) is 3.73. The molecule has 1 aliphatic rings. The van der Waals surface area contributed by atoms with E-state index in [2.05, 4.69) is 16.3 Å². The molecule has 1 fully saturated rings. The van der Waals surface area contributed by atoms with E-state index in [1.807, 2.05) is 48.5 Å². The van der Waals surface area contributed by atoms with Crippen molar-refractivity contribution in [3.8, 4) is 0 Å². The summed E-state index contributed by atoms with van der Waals surface area (Å²) in [6.45, 7) is 2.71. The van der Waals surface area contributed by atoms with Gasteiger partial charge in [-0.2, -0.15) is 0 Å². The normalized spacial score (nSPS) is 16.4. The minimum atomic E-state index is 0.0558. The van der Waals surface area contributed by atoms with E-state index < -0.39 is 0 Å². The number of halogens is 1. The SMILES string of the molecule is O=C(Cc1ccccc1)NCC(c1ccccc1Cl)N1CCCCC1. The Labute approximate surface area is 155 Å². The number of benzene rings is 2. The average molecular weight is 357 g/mol. The number of likely N-dealkylation sites (tertiary alicyclic amines) is 1. The molecular weight excluding hydrogens is 332 g/mol. The van der Waals surface area contributed by atoms with Crippen LogP contribution in [-0.2, 0) is 11.2 Å². The van der Waals surface area contributed by atoms with Crippen molar-refractivity contribution in [1.82, 2.24) is 10.2 Å². The van der Waals surface area contributed by atoms with Crippen molar-refractivity contribution >= 4 is 17.5 Å². The van der Waals surface area contributed by atoms with Gasteiger partial charge in [0.25, 0.3) is 0 Å². The molecule has 0 saturated carbocycles. The molecule has 25 heavy (non-hydrogen) atoms. The highest BCUT2D eigenvalue weighted by Gasteiger charge is 2.24. The van der Waals surface area contributed by atoms with Crippen LogP contribution in [0.15, 0.2) is 54.6 Å². The Kier molecular flexibility index (Phi) is 6.48. The van der Waals surface area contributed by atoms with E-state index in [0.717, 1.165) is 29.2 Å². The number of carbonyl (C=O) groups is 1. The molecular formula is C21H25ClN2O. The molecule has 1 heterocycles. The molecule has 0 radical (unpaired) electrons. The van der Waals surface area contributed by atoms with Crippen LogP contribution in [0.5, 0.6) is 0 Å². The van der Waals surface area contributed by atoms with Crippen LogP contribution in [0.2, 0.25) is 5.02 Å². The molecule has 2 aromatic carbocycles. The van der Waals surface area contributed by atoms with Gasteiger partial charge in [-0.3, -0.25) is 9.69 Å². The van der Waals surface area contributed by atoms with Gasteiger partial charge in [0.15, 0.2) is 0 Å². The average Bonchev–Trinajstić information content (AvgIpc) is 2.65. The molecule has 2 aromatic rings. The monoisotopic (exact) mass is 356 g/mol. The summed E-state index contributed by atoms with van der Waals surface area (Å²) in [6.07, 6.45) is 4.11. The van der Waals surface area contributed by atoms with Crippen molar-refractivity contribution in [1.29, 1.82) is 0 Å². The first kappa shape index (κ1) is 18.0. The molecule has 1 saturated heterocycles. The van der Waals surface area contributed by atoms with Crippen LogP contribution in [0.25, 0.3) is 0 Å². The smallest absolute Gasteiger partial charge is 0.224 e.